The van der Waals surface area contributed by atoms with E-state index in [0.717, 1.165) is 25.8 Å². The summed E-state index contributed by atoms with van der Waals surface area (Å²) >= 11 is 0. The van der Waals surface area contributed by atoms with Gasteiger partial charge in [0.25, 0.3) is 0 Å². The van der Waals surface area contributed by atoms with Crippen molar-refractivity contribution in [2.45, 2.75) is 77.3 Å². The lowest BCUT2D eigenvalue weighted by Gasteiger charge is -2.36. The van der Waals surface area contributed by atoms with Crippen molar-refractivity contribution in [1.82, 2.24) is 0 Å². The van der Waals surface area contributed by atoms with Gasteiger partial charge in [-0.3, -0.25) is 0 Å². The third-order valence-electron chi connectivity index (χ3n) is 5.98. The van der Waals surface area contributed by atoms with E-state index in [1.165, 1.54) is 12.1 Å². The van der Waals surface area contributed by atoms with Crippen LogP contribution >= 0.6 is 0 Å². The van der Waals surface area contributed by atoms with Gasteiger partial charge in [0.1, 0.15) is 0 Å². The summed E-state index contributed by atoms with van der Waals surface area (Å²) in [6.07, 6.45) is -1.34. The van der Waals surface area contributed by atoms with Gasteiger partial charge in [0.2, 0.25) is 0 Å². The van der Waals surface area contributed by atoms with Crippen molar-refractivity contribution in [2.75, 3.05) is 11.4 Å². The Bertz CT molecular complexity index is 659. The van der Waals surface area contributed by atoms with Crippen molar-refractivity contribution in [3.8, 4) is 0 Å². The van der Waals surface area contributed by atoms with E-state index >= 15 is 0 Å². The minimum Gasteiger partial charge on any atom is -0.399 e. The Morgan fingerprint density at radius 1 is 1.08 bits per heavy atom. The van der Waals surface area contributed by atoms with Gasteiger partial charge in [-0.15, -0.1) is 0 Å². The molecule has 2 aliphatic heterocycles. The summed E-state index contributed by atoms with van der Waals surface area (Å²) < 4.78 is 53.1. The van der Waals surface area contributed by atoms with Gasteiger partial charge in [-0.1, -0.05) is 6.07 Å². The van der Waals surface area contributed by atoms with E-state index in [2.05, 4.69) is 11.8 Å². The predicted octanol–water partition coefficient (Wildman–Crippen LogP) is 4.38. The molecule has 144 valence electrons. The number of hydrogen-bond acceptors (Lipinski definition) is 3. The first kappa shape index (κ1) is 19.6. The molecule has 0 bridgehead atoms. The van der Waals surface area contributed by atoms with Crippen LogP contribution in [-0.2, 0) is 15.5 Å². The highest BCUT2D eigenvalue weighted by Crippen LogP contribution is 2.39. The highest BCUT2D eigenvalue weighted by molar-refractivity contribution is 6.62. The van der Waals surface area contributed by atoms with Crippen LogP contribution in [0.1, 0.15) is 59.4 Å². The lowest BCUT2D eigenvalue weighted by molar-refractivity contribution is -0.136. The van der Waals surface area contributed by atoms with Crippen molar-refractivity contribution in [3.05, 3.63) is 23.8 Å². The number of piperidine rings is 1. The van der Waals surface area contributed by atoms with Gasteiger partial charge < -0.3 is 14.2 Å². The smallest absolute Gasteiger partial charge is 0.399 e. The van der Waals surface area contributed by atoms with Crippen LogP contribution in [0.4, 0.5) is 18.9 Å². The van der Waals surface area contributed by atoms with Gasteiger partial charge in [0.15, 0.2) is 0 Å². The second-order valence-corrected chi connectivity index (χ2v) is 8.40. The summed E-state index contributed by atoms with van der Waals surface area (Å²) in [6, 6.07) is 4.77. The largest absolute Gasteiger partial charge is 0.495 e. The predicted molar refractivity (Wildman–Crippen MR) is 97.8 cm³/mol. The summed E-state index contributed by atoms with van der Waals surface area (Å²) in [5.74, 6) is 0. The zero-order valence-electron chi connectivity index (χ0n) is 16.1. The number of rotatable bonds is 2. The van der Waals surface area contributed by atoms with Gasteiger partial charge >= 0.3 is 13.3 Å². The average Bonchev–Trinajstić information content (AvgIpc) is 2.74. The van der Waals surface area contributed by atoms with Crippen molar-refractivity contribution < 1.29 is 22.5 Å². The lowest BCUT2D eigenvalue weighted by atomic mass is 9.75. The minimum absolute atomic E-state index is 0.0459. The van der Waals surface area contributed by atoms with Crippen LogP contribution < -0.4 is 10.4 Å². The third-order valence-corrected chi connectivity index (χ3v) is 5.98. The molecule has 26 heavy (non-hydrogen) atoms. The molecule has 1 unspecified atom stereocenters. The molecular formula is C19H27BF3NO2. The maximum Gasteiger partial charge on any atom is 0.495 e. The second-order valence-electron chi connectivity index (χ2n) is 8.40. The summed E-state index contributed by atoms with van der Waals surface area (Å²) in [5, 5.41) is 0. The fourth-order valence-electron chi connectivity index (χ4n) is 3.63. The first-order valence-corrected chi connectivity index (χ1v) is 9.26. The van der Waals surface area contributed by atoms with E-state index < -0.39 is 30.1 Å². The molecule has 7 heteroatoms. The molecule has 0 amide bonds. The molecule has 0 aromatic heterocycles. The van der Waals surface area contributed by atoms with Crippen LogP contribution in [-0.4, -0.2) is 30.9 Å². The maximum atomic E-state index is 13.8. The molecule has 1 atom stereocenters. The van der Waals surface area contributed by atoms with E-state index in [9.17, 15) is 13.2 Å². The SMILES string of the molecule is CC1CCCCN1c1ccc(B2OC(C)(C)C(C)(C)O2)c(C(F)(F)F)c1. The van der Waals surface area contributed by atoms with Crippen LogP contribution in [0.25, 0.3) is 0 Å². The first-order valence-electron chi connectivity index (χ1n) is 9.26. The molecule has 3 rings (SSSR count). The quantitative estimate of drug-likeness (QED) is 0.722. The van der Waals surface area contributed by atoms with Crippen LogP contribution in [0.3, 0.4) is 0 Å². The number of anilines is 1. The number of nitrogens with zero attached hydrogens (tertiary/aromatic N) is 1. The fraction of sp³-hybridized carbons (Fsp3) is 0.684. The van der Waals surface area contributed by atoms with E-state index in [1.54, 1.807) is 6.07 Å². The molecular weight excluding hydrogens is 342 g/mol. The zero-order valence-corrected chi connectivity index (χ0v) is 16.1. The molecule has 0 radical (unpaired) electrons. The molecule has 2 heterocycles. The molecule has 2 saturated heterocycles. The Kier molecular flexibility index (Phi) is 4.85. The number of halogens is 3. The normalized spacial score (nSPS) is 25.6. The Balaban J connectivity index is 1.99. The molecule has 1 aromatic carbocycles. The Morgan fingerprint density at radius 2 is 1.69 bits per heavy atom. The number of alkyl halides is 3. The summed E-state index contributed by atoms with van der Waals surface area (Å²) in [7, 11) is -1.02. The monoisotopic (exact) mass is 369 g/mol. The lowest BCUT2D eigenvalue weighted by Crippen LogP contribution is -2.41. The average molecular weight is 369 g/mol. The Labute approximate surface area is 154 Å². The zero-order chi connectivity index (χ0) is 19.3. The number of benzene rings is 1. The summed E-state index contributed by atoms with van der Waals surface area (Å²) in [5.41, 5.74) is -1.37. The Morgan fingerprint density at radius 3 is 2.23 bits per heavy atom. The van der Waals surface area contributed by atoms with Crippen molar-refractivity contribution >= 4 is 18.3 Å². The fourth-order valence-corrected chi connectivity index (χ4v) is 3.63. The molecule has 0 aliphatic carbocycles. The first-order chi connectivity index (χ1) is 11.9. The van der Waals surface area contributed by atoms with Crippen molar-refractivity contribution in [3.63, 3.8) is 0 Å². The van der Waals surface area contributed by atoms with E-state index in [4.69, 9.17) is 9.31 Å². The highest BCUT2D eigenvalue weighted by Gasteiger charge is 2.53. The van der Waals surface area contributed by atoms with Gasteiger partial charge in [-0.25, -0.2) is 0 Å². The van der Waals surface area contributed by atoms with Gasteiger partial charge in [0, 0.05) is 18.3 Å². The third kappa shape index (κ3) is 3.48. The van der Waals surface area contributed by atoms with Crippen LogP contribution in [0, 0.1) is 0 Å². The molecule has 2 fully saturated rings. The number of hydrogen-bond donors (Lipinski definition) is 0. The highest BCUT2D eigenvalue weighted by atomic mass is 19.4. The minimum atomic E-state index is -4.46. The van der Waals surface area contributed by atoms with Gasteiger partial charge in [0.05, 0.1) is 16.8 Å². The standard InChI is InChI=1S/C19H27BF3NO2/c1-13-8-6-7-11-24(13)14-9-10-16(15(12-14)19(21,22)23)20-25-17(2,3)18(4,5)26-20/h9-10,12-13H,6-8,11H2,1-5H3. The topological polar surface area (TPSA) is 21.7 Å². The van der Waals surface area contributed by atoms with Gasteiger partial charge in [-0.2, -0.15) is 13.2 Å². The van der Waals surface area contributed by atoms with Crippen molar-refractivity contribution in [2.24, 2.45) is 0 Å². The van der Waals surface area contributed by atoms with Crippen LogP contribution in [0.5, 0.6) is 0 Å². The van der Waals surface area contributed by atoms with Gasteiger partial charge in [-0.05, 0) is 71.5 Å². The molecule has 2 aliphatic rings. The summed E-state index contributed by atoms with van der Waals surface area (Å²) in [6.45, 7) is 10.2. The molecule has 1 aromatic rings. The molecule has 3 nitrogen and oxygen atoms in total. The van der Waals surface area contributed by atoms with Crippen LogP contribution in [0.15, 0.2) is 18.2 Å². The van der Waals surface area contributed by atoms with Crippen LogP contribution in [0.2, 0.25) is 0 Å². The molecule has 0 N–H and O–H groups in total. The molecule has 0 saturated carbocycles. The van der Waals surface area contributed by atoms with E-state index in [1.807, 2.05) is 27.7 Å². The van der Waals surface area contributed by atoms with Crippen molar-refractivity contribution in [1.29, 1.82) is 0 Å². The molecule has 0 spiro atoms. The Hall–Kier alpha value is -1.21. The maximum absolute atomic E-state index is 13.8. The van der Waals surface area contributed by atoms with E-state index in [-0.39, 0.29) is 11.5 Å². The summed E-state index contributed by atoms with van der Waals surface area (Å²) in [4.78, 5) is 2.06. The second kappa shape index (κ2) is 6.45. The van der Waals surface area contributed by atoms with E-state index in [0.29, 0.717) is 5.69 Å².